The predicted octanol–water partition coefficient (Wildman–Crippen LogP) is 1.23. The molecule has 0 unspecified atom stereocenters. The van der Waals surface area contributed by atoms with E-state index in [1.807, 2.05) is 16.7 Å². The van der Waals surface area contributed by atoms with Crippen molar-refractivity contribution in [1.29, 1.82) is 0 Å². The third-order valence-corrected chi connectivity index (χ3v) is 9.61. The van der Waals surface area contributed by atoms with Gasteiger partial charge in [0.1, 0.15) is 29.3 Å². The molecule has 0 atom stereocenters. The van der Waals surface area contributed by atoms with Crippen molar-refractivity contribution >= 4 is 29.0 Å². The van der Waals surface area contributed by atoms with Crippen molar-refractivity contribution in [3.8, 4) is 0 Å². The van der Waals surface area contributed by atoms with Crippen molar-refractivity contribution in [3.63, 3.8) is 0 Å². The Morgan fingerprint density at radius 1 is 0.667 bits per heavy atom. The molecule has 2 aromatic heterocycles. The Kier molecular flexibility index (Phi) is 6.08. The maximum atomic E-state index is 4.85. The Morgan fingerprint density at radius 2 is 1.17 bits per heavy atom. The molecule has 0 aliphatic heterocycles. The number of halogens is 1. The summed E-state index contributed by atoms with van der Waals surface area (Å²) in [5.74, 6) is 0.745. The maximum Gasteiger partial charge on any atom is 0.234 e. The Labute approximate surface area is 187 Å². The quantitative estimate of drug-likeness (QED) is 0.359. The number of hydrogen-bond donors (Lipinski definition) is 0. The molecule has 0 saturated carbocycles. The molecule has 0 aliphatic carbocycles. The van der Waals surface area contributed by atoms with E-state index in [-0.39, 0.29) is 17.0 Å². The largest absolute Gasteiger partial charge is 1.00 e. The number of rotatable bonds is 5. The minimum atomic E-state index is -1.93. The van der Waals surface area contributed by atoms with Crippen LogP contribution in [0.4, 0.5) is 0 Å². The lowest BCUT2D eigenvalue weighted by Crippen LogP contribution is -3.00. The molecule has 5 heteroatoms. The molecule has 0 radical (unpaired) electrons. The normalized spacial score (nSPS) is 11.2. The van der Waals surface area contributed by atoms with Crippen molar-refractivity contribution < 1.29 is 17.0 Å². The van der Waals surface area contributed by atoms with Crippen molar-refractivity contribution in [2.75, 3.05) is 0 Å². The second-order valence-electron chi connectivity index (χ2n) is 7.03. The summed E-state index contributed by atoms with van der Waals surface area (Å²) in [6.07, 6.45) is 6.77. The molecular formula is C25H21BrN3P. The molecule has 0 aliphatic rings. The van der Waals surface area contributed by atoms with Crippen molar-refractivity contribution in [3.05, 3.63) is 121 Å². The van der Waals surface area contributed by atoms with E-state index in [9.17, 15) is 0 Å². The van der Waals surface area contributed by atoms with E-state index >= 15 is 0 Å². The first-order valence-corrected chi connectivity index (χ1v) is 11.7. The van der Waals surface area contributed by atoms with Gasteiger partial charge < -0.3 is 17.0 Å². The highest BCUT2D eigenvalue weighted by Crippen LogP contribution is 2.57. The maximum absolute atomic E-state index is 4.85. The lowest BCUT2D eigenvalue weighted by Gasteiger charge is -2.27. The Bertz CT molecular complexity index is 1090. The molecule has 5 rings (SSSR count). The summed E-state index contributed by atoms with van der Waals surface area (Å²) in [5, 5.41) is 4.09. The fraction of sp³-hybridized carbons (Fsp3) is 0.0400. The van der Waals surface area contributed by atoms with E-state index in [0.29, 0.717) is 0 Å². The minimum Gasteiger partial charge on any atom is -1.00 e. The Morgan fingerprint density at radius 3 is 1.63 bits per heavy atom. The van der Waals surface area contributed by atoms with Gasteiger partial charge in [0.05, 0.1) is 5.69 Å². The smallest absolute Gasteiger partial charge is 0.234 e. The van der Waals surface area contributed by atoms with Gasteiger partial charge in [-0.2, -0.15) is 0 Å². The highest BCUT2D eigenvalue weighted by Gasteiger charge is 2.46. The molecule has 3 nitrogen and oxygen atoms in total. The summed E-state index contributed by atoms with van der Waals surface area (Å²) in [5.41, 5.74) is 1.06. The topological polar surface area (TPSA) is 30.2 Å². The van der Waals surface area contributed by atoms with Crippen LogP contribution < -0.4 is 32.9 Å². The number of aromatic nitrogens is 3. The van der Waals surface area contributed by atoms with E-state index in [1.165, 1.54) is 15.9 Å². The lowest BCUT2D eigenvalue weighted by atomic mass is 10.4. The fourth-order valence-electron chi connectivity index (χ4n) is 3.97. The SMILES string of the molecule is [Br-].c1ccc([P+](Cc2cn3cccnc3n2)(c2ccccc2)c2ccccc2)cc1. The molecular weight excluding hydrogens is 453 g/mol. The van der Waals surface area contributed by atoms with Crippen LogP contribution in [0.15, 0.2) is 116 Å². The van der Waals surface area contributed by atoms with Crippen LogP contribution >= 0.6 is 7.26 Å². The number of fused-ring (bicyclic) bond motifs is 1. The third-order valence-electron chi connectivity index (χ3n) is 5.28. The summed E-state index contributed by atoms with van der Waals surface area (Å²) < 4.78 is 2.00. The van der Waals surface area contributed by atoms with Crippen LogP contribution in [0.1, 0.15) is 5.69 Å². The van der Waals surface area contributed by atoms with E-state index in [0.717, 1.165) is 17.6 Å². The first kappa shape index (κ1) is 20.5. The molecule has 0 bridgehead atoms. The van der Waals surface area contributed by atoms with Crippen LogP contribution in [0.2, 0.25) is 0 Å². The molecule has 2 heterocycles. The second kappa shape index (κ2) is 8.91. The number of benzene rings is 3. The first-order chi connectivity index (χ1) is 14.4. The van der Waals surface area contributed by atoms with Crippen LogP contribution in [-0.4, -0.2) is 14.4 Å². The zero-order valence-electron chi connectivity index (χ0n) is 16.3. The van der Waals surface area contributed by atoms with Crippen molar-refractivity contribution in [2.45, 2.75) is 6.16 Å². The average Bonchev–Trinajstić information content (AvgIpc) is 3.22. The Balaban J connectivity index is 0.00000218. The number of hydrogen-bond acceptors (Lipinski definition) is 2. The summed E-state index contributed by atoms with van der Waals surface area (Å²) >= 11 is 0. The summed E-state index contributed by atoms with van der Waals surface area (Å²) in [7, 11) is -1.93. The third kappa shape index (κ3) is 3.69. The molecule has 0 N–H and O–H groups in total. The van der Waals surface area contributed by atoms with E-state index in [2.05, 4.69) is 102 Å². The van der Waals surface area contributed by atoms with E-state index < -0.39 is 7.26 Å². The highest BCUT2D eigenvalue weighted by atomic mass is 79.9. The predicted molar refractivity (Wildman–Crippen MR) is 122 cm³/mol. The van der Waals surface area contributed by atoms with Gasteiger partial charge in [-0.25, -0.2) is 9.97 Å². The fourth-order valence-corrected chi connectivity index (χ4v) is 8.09. The second-order valence-corrected chi connectivity index (χ2v) is 10.5. The van der Waals surface area contributed by atoms with Gasteiger partial charge in [0.2, 0.25) is 5.78 Å². The van der Waals surface area contributed by atoms with Gasteiger partial charge in [-0.3, -0.25) is 4.40 Å². The van der Waals surface area contributed by atoms with Crippen LogP contribution in [0.25, 0.3) is 5.78 Å². The molecule has 5 aromatic rings. The first-order valence-electron chi connectivity index (χ1n) is 9.70. The zero-order valence-corrected chi connectivity index (χ0v) is 18.8. The monoisotopic (exact) mass is 473 g/mol. The van der Waals surface area contributed by atoms with Gasteiger partial charge in [0.15, 0.2) is 0 Å². The van der Waals surface area contributed by atoms with E-state index in [1.54, 1.807) is 6.20 Å². The molecule has 0 fully saturated rings. The van der Waals surface area contributed by atoms with Crippen molar-refractivity contribution in [1.82, 2.24) is 14.4 Å². The van der Waals surface area contributed by atoms with Gasteiger partial charge in [0.25, 0.3) is 0 Å². The number of nitrogens with zero attached hydrogens (tertiary/aromatic N) is 3. The Hall–Kier alpha value is -2.81. The van der Waals surface area contributed by atoms with Crippen molar-refractivity contribution in [2.24, 2.45) is 0 Å². The molecule has 0 spiro atoms. The van der Waals surface area contributed by atoms with Gasteiger partial charge in [0, 0.05) is 18.6 Å². The summed E-state index contributed by atoms with van der Waals surface area (Å²) in [6.45, 7) is 0. The van der Waals surface area contributed by atoms with Crippen LogP contribution in [0.5, 0.6) is 0 Å². The standard InChI is InChI=1S/C25H21N3P.BrH/c1-4-11-22(12-5-1)29(23-13-6-2-7-14-23,24-15-8-3-9-16-24)20-21-19-28-18-10-17-26-25(28)27-21;/h1-19H,20H2;1H/q+1;/p-1. The molecule has 0 saturated heterocycles. The lowest BCUT2D eigenvalue weighted by molar-refractivity contribution is -0.00000584. The molecule has 30 heavy (non-hydrogen) atoms. The zero-order chi connectivity index (χ0) is 19.5. The van der Waals surface area contributed by atoms with Gasteiger partial charge in [-0.1, -0.05) is 54.6 Å². The molecule has 148 valence electrons. The van der Waals surface area contributed by atoms with Gasteiger partial charge in [-0.05, 0) is 42.5 Å². The summed E-state index contributed by atoms with van der Waals surface area (Å²) in [6, 6.07) is 34.6. The van der Waals surface area contributed by atoms with Gasteiger partial charge in [-0.15, -0.1) is 0 Å². The minimum absolute atomic E-state index is 0. The van der Waals surface area contributed by atoms with Crippen LogP contribution in [0, 0.1) is 0 Å². The number of imidazole rings is 1. The summed E-state index contributed by atoms with van der Waals surface area (Å²) in [4.78, 5) is 9.27. The van der Waals surface area contributed by atoms with E-state index in [4.69, 9.17) is 4.98 Å². The average molecular weight is 474 g/mol. The van der Waals surface area contributed by atoms with Crippen LogP contribution in [-0.2, 0) is 6.16 Å². The molecule has 3 aromatic carbocycles. The highest BCUT2D eigenvalue weighted by molar-refractivity contribution is 7.95. The van der Waals surface area contributed by atoms with Gasteiger partial charge >= 0.3 is 0 Å². The molecule has 0 amide bonds. The van der Waals surface area contributed by atoms with Crippen LogP contribution in [0.3, 0.4) is 0 Å².